The molecule has 0 spiro atoms. The Bertz CT molecular complexity index is 868. The number of amides is 1. The molecule has 140 valence electrons. The van der Waals surface area contributed by atoms with Crippen molar-refractivity contribution < 1.29 is 4.79 Å². The molecule has 1 heterocycles. The van der Waals surface area contributed by atoms with E-state index in [-0.39, 0.29) is 5.91 Å². The van der Waals surface area contributed by atoms with Crippen LogP contribution in [0.4, 0.5) is 0 Å². The minimum Gasteiger partial charge on any atom is -0.345 e. The highest BCUT2D eigenvalue weighted by Crippen LogP contribution is 2.22. The standard InChI is InChI=1S/C23H27N3O/c1-18-8-10-20(11-9-18)17-26(13-12-19-6-4-3-5-7-19)23(27)22-14-21(15-24)16-25(22)2/h6,8-11,14,16H,3-5,7,12-13,17H2,1-2H3. The van der Waals surface area contributed by atoms with Crippen LogP contribution in [0.25, 0.3) is 0 Å². The molecule has 0 N–H and O–H groups in total. The molecule has 0 aliphatic heterocycles. The van der Waals surface area contributed by atoms with Gasteiger partial charge in [0.15, 0.2) is 0 Å². The van der Waals surface area contributed by atoms with Crippen LogP contribution >= 0.6 is 0 Å². The van der Waals surface area contributed by atoms with Gasteiger partial charge in [0.1, 0.15) is 11.8 Å². The number of aryl methyl sites for hydroxylation is 2. The Morgan fingerprint density at radius 2 is 2.04 bits per heavy atom. The fraction of sp³-hybridized carbons (Fsp3) is 0.391. The molecular formula is C23H27N3O. The fourth-order valence-corrected chi connectivity index (χ4v) is 3.58. The Balaban J connectivity index is 1.79. The molecule has 0 unspecified atom stereocenters. The normalized spacial score (nSPS) is 13.7. The van der Waals surface area contributed by atoms with Crippen molar-refractivity contribution in [3.63, 3.8) is 0 Å². The lowest BCUT2D eigenvalue weighted by atomic mass is 9.97. The van der Waals surface area contributed by atoms with Crippen LogP contribution in [-0.4, -0.2) is 21.9 Å². The predicted molar refractivity (Wildman–Crippen MR) is 107 cm³/mol. The van der Waals surface area contributed by atoms with Gasteiger partial charge in [-0.2, -0.15) is 5.26 Å². The Hall–Kier alpha value is -2.80. The van der Waals surface area contributed by atoms with Crippen LogP contribution in [0.2, 0.25) is 0 Å². The molecule has 1 aliphatic rings. The summed E-state index contributed by atoms with van der Waals surface area (Å²) in [4.78, 5) is 15.1. The molecule has 2 aromatic rings. The second kappa shape index (κ2) is 8.73. The SMILES string of the molecule is Cc1ccc(CN(CCC2=CCCCC2)C(=O)c2cc(C#N)cn2C)cc1. The summed E-state index contributed by atoms with van der Waals surface area (Å²) in [6.07, 6.45) is 9.80. The summed E-state index contributed by atoms with van der Waals surface area (Å²) in [5.74, 6) is -0.0176. The van der Waals surface area contributed by atoms with Crippen LogP contribution in [0.5, 0.6) is 0 Å². The number of carbonyl (C=O) groups is 1. The first-order valence-electron chi connectivity index (χ1n) is 9.66. The van der Waals surface area contributed by atoms with Crippen LogP contribution in [0.1, 0.15) is 59.3 Å². The van der Waals surface area contributed by atoms with Gasteiger partial charge >= 0.3 is 0 Å². The highest BCUT2D eigenvalue weighted by molar-refractivity contribution is 5.93. The van der Waals surface area contributed by atoms with E-state index in [9.17, 15) is 4.79 Å². The predicted octanol–water partition coefficient (Wildman–Crippen LogP) is 4.74. The van der Waals surface area contributed by atoms with Gasteiger partial charge in [-0.25, -0.2) is 0 Å². The van der Waals surface area contributed by atoms with Crippen molar-refractivity contribution in [2.24, 2.45) is 7.05 Å². The first kappa shape index (κ1) is 19.0. The first-order valence-corrected chi connectivity index (χ1v) is 9.66. The quantitative estimate of drug-likeness (QED) is 0.698. The van der Waals surface area contributed by atoms with Gasteiger partial charge in [-0.15, -0.1) is 0 Å². The van der Waals surface area contributed by atoms with E-state index in [1.54, 1.807) is 16.8 Å². The number of hydrogen-bond acceptors (Lipinski definition) is 2. The van der Waals surface area contributed by atoms with Gasteiger partial charge in [-0.3, -0.25) is 4.79 Å². The van der Waals surface area contributed by atoms with Gasteiger partial charge in [0.25, 0.3) is 5.91 Å². The number of nitrogens with zero attached hydrogens (tertiary/aromatic N) is 3. The first-order chi connectivity index (χ1) is 13.1. The highest BCUT2D eigenvalue weighted by Gasteiger charge is 2.20. The lowest BCUT2D eigenvalue weighted by molar-refractivity contribution is 0.0735. The Kier molecular flexibility index (Phi) is 6.13. The Morgan fingerprint density at radius 3 is 2.67 bits per heavy atom. The van der Waals surface area contributed by atoms with E-state index >= 15 is 0 Å². The van der Waals surface area contributed by atoms with Crippen LogP contribution in [0, 0.1) is 18.3 Å². The molecule has 0 saturated heterocycles. The van der Waals surface area contributed by atoms with Gasteiger partial charge in [0.2, 0.25) is 0 Å². The minimum atomic E-state index is -0.0176. The molecule has 3 rings (SSSR count). The van der Waals surface area contributed by atoms with E-state index in [1.165, 1.54) is 24.0 Å². The fourth-order valence-electron chi connectivity index (χ4n) is 3.58. The topological polar surface area (TPSA) is 49.0 Å². The molecule has 0 fully saturated rings. The van der Waals surface area contributed by atoms with Crippen LogP contribution in [-0.2, 0) is 13.6 Å². The number of nitriles is 1. The molecule has 0 saturated carbocycles. The molecule has 1 amide bonds. The molecule has 0 radical (unpaired) electrons. The summed E-state index contributed by atoms with van der Waals surface area (Å²) in [5.41, 5.74) is 4.89. The molecule has 0 atom stereocenters. The minimum absolute atomic E-state index is 0.0176. The molecule has 4 nitrogen and oxygen atoms in total. The van der Waals surface area contributed by atoms with E-state index < -0.39 is 0 Å². The summed E-state index contributed by atoms with van der Waals surface area (Å²) in [6.45, 7) is 3.35. The molecule has 1 aliphatic carbocycles. The number of carbonyl (C=O) groups excluding carboxylic acids is 1. The van der Waals surface area contributed by atoms with Crippen molar-refractivity contribution in [1.82, 2.24) is 9.47 Å². The maximum atomic E-state index is 13.2. The monoisotopic (exact) mass is 361 g/mol. The zero-order chi connectivity index (χ0) is 19.2. The second-order valence-corrected chi connectivity index (χ2v) is 7.41. The Labute approximate surface area is 161 Å². The molecule has 27 heavy (non-hydrogen) atoms. The molecule has 4 heteroatoms. The number of rotatable bonds is 6. The Morgan fingerprint density at radius 1 is 1.26 bits per heavy atom. The zero-order valence-corrected chi connectivity index (χ0v) is 16.2. The van der Waals surface area contributed by atoms with E-state index in [0.717, 1.165) is 24.8 Å². The lowest BCUT2D eigenvalue weighted by Gasteiger charge is -2.24. The summed E-state index contributed by atoms with van der Waals surface area (Å²) in [5, 5.41) is 9.13. The van der Waals surface area contributed by atoms with Gasteiger partial charge in [0, 0.05) is 26.3 Å². The summed E-state index contributed by atoms with van der Waals surface area (Å²) >= 11 is 0. The third-order valence-corrected chi connectivity index (χ3v) is 5.22. The maximum Gasteiger partial charge on any atom is 0.270 e. The van der Waals surface area contributed by atoms with E-state index in [0.29, 0.717) is 24.3 Å². The van der Waals surface area contributed by atoms with Crippen molar-refractivity contribution >= 4 is 5.91 Å². The van der Waals surface area contributed by atoms with E-state index in [2.05, 4.69) is 43.3 Å². The molecule has 1 aromatic carbocycles. The van der Waals surface area contributed by atoms with Gasteiger partial charge in [-0.1, -0.05) is 41.5 Å². The molecule has 1 aromatic heterocycles. The number of hydrogen-bond donors (Lipinski definition) is 0. The van der Waals surface area contributed by atoms with E-state index in [4.69, 9.17) is 5.26 Å². The molecule has 0 bridgehead atoms. The third kappa shape index (κ3) is 4.89. The maximum absolute atomic E-state index is 13.2. The second-order valence-electron chi connectivity index (χ2n) is 7.41. The van der Waals surface area contributed by atoms with Gasteiger partial charge in [0.05, 0.1) is 5.56 Å². The van der Waals surface area contributed by atoms with Crippen LogP contribution < -0.4 is 0 Å². The van der Waals surface area contributed by atoms with Gasteiger partial charge < -0.3 is 9.47 Å². The van der Waals surface area contributed by atoms with Crippen molar-refractivity contribution in [2.45, 2.75) is 45.6 Å². The third-order valence-electron chi connectivity index (χ3n) is 5.22. The van der Waals surface area contributed by atoms with Gasteiger partial charge in [-0.05, 0) is 50.7 Å². The van der Waals surface area contributed by atoms with Crippen molar-refractivity contribution in [3.05, 3.63) is 70.6 Å². The highest BCUT2D eigenvalue weighted by atomic mass is 16.2. The summed E-state index contributed by atoms with van der Waals surface area (Å²) in [6, 6.07) is 12.1. The lowest BCUT2D eigenvalue weighted by Crippen LogP contribution is -2.33. The van der Waals surface area contributed by atoms with Crippen molar-refractivity contribution in [1.29, 1.82) is 5.26 Å². The average molecular weight is 361 g/mol. The number of aromatic nitrogens is 1. The zero-order valence-electron chi connectivity index (χ0n) is 16.2. The average Bonchev–Trinajstić information content (AvgIpc) is 3.07. The van der Waals surface area contributed by atoms with Crippen molar-refractivity contribution in [2.75, 3.05) is 6.54 Å². The van der Waals surface area contributed by atoms with Crippen LogP contribution in [0.15, 0.2) is 48.2 Å². The molecular weight excluding hydrogens is 334 g/mol. The smallest absolute Gasteiger partial charge is 0.270 e. The number of allylic oxidation sites excluding steroid dienone is 1. The van der Waals surface area contributed by atoms with E-state index in [1.807, 2.05) is 11.9 Å². The summed E-state index contributed by atoms with van der Waals surface area (Å²) in [7, 11) is 1.82. The number of benzene rings is 1. The summed E-state index contributed by atoms with van der Waals surface area (Å²) < 4.78 is 1.75. The largest absolute Gasteiger partial charge is 0.345 e. The van der Waals surface area contributed by atoms with Crippen LogP contribution in [0.3, 0.4) is 0 Å². The van der Waals surface area contributed by atoms with Crippen molar-refractivity contribution in [3.8, 4) is 6.07 Å².